The smallest absolute Gasteiger partial charge is 0.330 e. The van der Waals surface area contributed by atoms with Gasteiger partial charge in [0.05, 0.1) is 6.61 Å². The molecule has 9 nitrogen and oxygen atoms in total. The molecule has 1 aromatic carbocycles. The van der Waals surface area contributed by atoms with Crippen LogP contribution >= 0.6 is 8.53 Å². The second-order valence-electron chi connectivity index (χ2n) is 9.15. The van der Waals surface area contributed by atoms with Crippen LogP contribution in [0.25, 0.3) is 0 Å². The zero-order chi connectivity index (χ0) is 22.0. The van der Waals surface area contributed by atoms with Crippen molar-refractivity contribution in [2.24, 2.45) is 0 Å². The molecule has 2 bridgehead atoms. The van der Waals surface area contributed by atoms with Gasteiger partial charge in [0.2, 0.25) is 0 Å². The van der Waals surface area contributed by atoms with Crippen LogP contribution in [-0.2, 0) is 18.5 Å². The molecule has 170 valence electrons. The molecular weight excluding hydrogens is 433 g/mol. The van der Waals surface area contributed by atoms with E-state index in [1.807, 2.05) is 25.1 Å². The first-order valence-electron chi connectivity index (χ1n) is 11.0. The number of nitrogens with zero attached hydrogens (tertiary/aromatic N) is 2. The second-order valence-corrected chi connectivity index (χ2v) is 10.6. The van der Waals surface area contributed by atoms with E-state index < -0.39 is 37.7 Å². The van der Waals surface area contributed by atoms with Crippen LogP contribution in [0.3, 0.4) is 0 Å². The Morgan fingerprint density at radius 2 is 2.06 bits per heavy atom. The van der Waals surface area contributed by atoms with Crippen molar-refractivity contribution in [1.82, 2.24) is 14.2 Å². The van der Waals surface area contributed by atoms with Gasteiger partial charge in [-0.15, -0.1) is 0 Å². The molecule has 4 aliphatic rings. The molecular formula is C22H26N3O6P. The fourth-order valence-corrected chi connectivity index (χ4v) is 7.31. The molecule has 5 heterocycles. The topological polar surface area (TPSA) is 95.0 Å². The number of H-pyrrole nitrogens is 1. The molecule has 0 amide bonds. The number of fused-ring (bicyclic) bond motifs is 3. The number of aryl methyl sites for hydroxylation is 1. The molecule has 1 N–H and O–H groups in total. The lowest BCUT2D eigenvalue weighted by molar-refractivity contribution is -0.167. The van der Waals surface area contributed by atoms with E-state index in [4.69, 9.17) is 18.5 Å². The summed E-state index contributed by atoms with van der Waals surface area (Å²) >= 11 is 0. The van der Waals surface area contributed by atoms with Gasteiger partial charge >= 0.3 is 5.69 Å². The molecule has 1 aromatic heterocycles. The van der Waals surface area contributed by atoms with Gasteiger partial charge in [-0.2, -0.15) is 0 Å². The van der Waals surface area contributed by atoms with E-state index in [0.717, 1.165) is 19.4 Å². The van der Waals surface area contributed by atoms with Crippen LogP contribution in [0.5, 0.6) is 0 Å². The highest BCUT2D eigenvalue weighted by Gasteiger charge is 2.63. The second kappa shape index (κ2) is 7.58. The zero-order valence-corrected chi connectivity index (χ0v) is 18.9. The van der Waals surface area contributed by atoms with Gasteiger partial charge < -0.3 is 18.5 Å². The van der Waals surface area contributed by atoms with E-state index in [1.165, 1.54) is 16.3 Å². The lowest BCUT2D eigenvalue weighted by Crippen LogP contribution is -2.40. The first kappa shape index (κ1) is 20.7. The fraction of sp³-hybridized carbons (Fsp3) is 0.545. The summed E-state index contributed by atoms with van der Waals surface area (Å²) in [7, 11) is -1.28. The Bertz CT molecular complexity index is 1140. The van der Waals surface area contributed by atoms with Gasteiger partial charge in [-0.1, -0.05) is 30.3 Å². The monoisotopic (exact) mass is 459 g/mol. The summed E-state index contributed by atoms with van der Waals surface area (Å²) in [5.41, 5.74) is -0.0169. The number of ether oxygens (including phenoxy) is 2. The molecule has 4 aliphatic heterocycles. The van der Waals surface area contributed by atoms with Crippen LogP contribution < -0.4 is 11.2 Å². The number of aromatic nitrogens is 2. The molecule has 0 radical (unpaired) electrons. The van der Waals surface area contributed by atoms with Crippen LogP contribution in [0.15, 0.2) is 46.1 Å². The summed E-state index contributed by atoms with van der Waals surface area (Å²) in [6.07, 6.45) is 2.19. The van der Waals surface area contributed by atoms with E-state index in [-0.39, 0.29) is 12.2 Å². The summed E-state index contributed by atoms with van der Waals surface area (Å²) in [5.74, 6) is 0. The van der Waals surface area contributed by atoms with Crippen LogP contribution in [0.4, 0.5) is 0 Å². The molecule has 4 saturated heterocycles. The molecule has 7 atom stereocenters. The van der Waals surface area contributed by atoms with E-state index >= 15 is 0 Å². The molecule has 0 aliphatic carbocycles. The van der Waals surface area contributed by atoms with Crippen molar-refractivity contribution in [2.45, 2.75) is 62.9 Å². The molecule has 2 aromatic rings. The highest BCUT2D eigenvalue weighted by atomic mass is 31.2. The maximum absolute atomic E-state index is 12.5. The van der Waals surface area contributed by atoms with Crippen molar-refractivity contribution < 1.29 is 18.5 Å². The number of rotatable bonds is 4. The Morgan fingerprint density at radius 1 is 1.25 bits per heavy atom. The van der Waals surface area contributed by atoms with Crippen molar-refractivity contribution in [1.29, 1.82) is 0 Å². The van der Waals surface area contributed by atoms with Gasteiger partial charge in [-0.05, 0) is 32.3 Å². The molecule has 1 unspecified atom stereocenters. The summed E-state index contributed by atoms with van der Waals surface area (Å²) in [6, 6.07) is 10.6. The number of nitrogens with one attached hydrogen (secondary N) is 1. The van der Waals surface area contributed by atoms with E-state index in [0.29, 0.717) is 18.2 Å². The highest BCUT2D eigenvalue weighted by Crippen LogP contribution is 2.63. The SMILES string of the molecule is Cc1cn([C@@H]2O[C@@]3(C)CO[C@H]2C3O[P@]2O[C@@H](c3ccccc3)[C@H]3CCCN32)c(=O)[nH]c1=O. The predicted octanol–water partition coefficient (Wildman–Crippen LogP) is 2.38. The summed E-state index contributed by atoms with van der Waals surface area (Å²) in [6.45, 7) is 4.93. The molecule has 0 saturated carbocycles. The predicted molar refractivity (Wildman–Crippen MR) is 116 cm³/mol. The quantitative estimate of drug-likeness (QED) is 0.702. The van der Waals surface area contributed by atoms with Crippen molar-refractivity contribution in [3.8, 4) is 0 Å². The lowest BCUT2D eigenvalue weighted by atomic mass is 10.0. The van der Waals surface area contributed by atoms with Crippen LogP contribution in [0, 0.1) is 6.92 Å². The third-order valence-corrected chi connectivity index (χ3v) is 8.65. The average molecular weight is 459 g/mol. The molecule has 6 rings (SSSR count). The van der Waals surface area contributed by atoms with Crippen molar-refractivity contribution in [3.63, 3.8) is 0 Å². The van der Waals surface area contributed by atoms with Crippen LogP contribution in [-0.4, -0.2) is 51.2 Å². The van der Waals surface area contributed by atoms with Crippen LogP contribution in [0.2, 0.25) is 0 Å². The molecule has 0 spiro atoms. The van der Waals surface area contributed by atoms with Gasteiger partial charge in [-0.3, -0.25) is 14.3 Å². The lowest BCUT2D eigenvalue weighted by Gasteiger charge is -2.29. The van der Waals surface area contributed by atoms with Crippen LogP contribution in [0.1, 0.15) is 43.2 Å². The largest absolute Gasteiger partial charge is 0.368 e. The van der Waals surface area contributed by atoms with Gasteiger partial charge in [0.15, 0.2) is 6.23 Å². The van der Waals surface area contributed by atoms with Gasteiger partial charge in [-0.25, -0.2) is 9.46 Å². The Morgan fingerprint density at radius 3 is 2.88 bits per heavy atom. The first-order chi connectivity index (χ1) is 15.4. The summed E-state index contributed by atoms with van der Waals surface area (Å²) in [5, 5.41) is 0. The maximum Gasteiger partial charge on any atom is 0.330 e. The standard InChI is InChI=1S/C22H26N3O6P/c1-13-11-24(21(27)23-19(13)26)20-17-18(22(2,29-20)12-28-17)31-32-25-10-6-9-15(25)16(30-32)14-7-4-3-5-8-14/h3-5,7-8,11,15-18,20H,6,9-10,12H2,1-2H3,(H,23,26,27)/t15-,16+,17+,18?,20-,22+,32+/m1/s1. The van der Waals surface area contributed by atoms with Gasteiger partial charge in [0.25, 0.3) is 14.1 Å². The molecule has 4 fully saturated rings. The Kier molecular flexibility index (Phi) is 4.91. The van der Waals surface area contributed by atoms with Crippen molar-refractivity contribution in [2.75, 3.05) is 13.2 Å². The number of aromatic amines is 1. The zero-order valence-electron chi connectivity index (χ0n) is 18.0. The van der Waals surface area contributed by atoms with E-state index in [9.17, 15) is 9.59 Å². The third kappa shape index (κ3) is 3.15. The summed E-state index contributed by atoms with van der Waals surface area (Å²) in [4.78, 5) is 26.6. The Hall–Kier alpha value is -1.87. The number of benzene rings is 1. The number of hydrogen-bond acceptors (Lipinski definition) is 7. The van der Waals surface area contributed by atoms with E-state index in [1.54, 1.807) is 6.92 Å². The normalized spacial score (nSPS) is 38.4. The minimum absolute atomic E-state index is 0.0150. The minimum atomic E-state index is -1.28. The average Bonchev–Trinajstić information content (AvgIpc) is 3.51. The van der Waals surface area contributed by atoms with Gasteiger partial charge in [0.1, 0.15) is 23.9 Å². The Labute approximate surface area is 186 Å². The first-order valence-corrected chi connectivity index (χ1v) is 12.1. The fourth-order valence-electron chi connectivity index (χ4n) is 5.24. The van der Waals surface area contributed by atoms with Gasteiger partial charge in [0, 0.05) is 24.3 Å². The minimum Gasteiger partial charge on any atom is -0.368 e. The third-order valence-electron chi connectivity index (χ3n) is 6.92. The molecule has 32 heavy (non-hydrogen) atoms. The highest BCUT2D eigenvalue weighted by molar-refractivity contribution is 7.45. The van der Waals surface area contributed by atoms with Crippen molar-refractivity contribution >= 4 is 8.53 Å². The Balaban J connectivity index is 1.27. The summed E-state index contributed by atoms with van der Waals surface area (Å²) < 4.78 is 29.1. The van der Waals surface area contributed by atoms with Crippen molar-refractivity contribution in [3.05, 3.63) is 68.5 Å². The number of hydrogen-bond donors (Lipinski definition) is 1. The maximum atomic E-state index is 12.5. The van der Waals surface area contributed by atoms with E-state index in [2.05, 4.69) is 21.8 Å². The molecule has 10 heteroatoms.